The number of nitrogens with two attached hydrogens (primary N) is 1. The van der Waals surface area contributed by atoms with Gasteiger partial charge in [-0.3, -0.25) is 4.79 Å². The molecular weight excluding hydrogens is 238 g/mol. The summed E-state index contributed by atoms with van der Waals surface area (Å²) >= 11 is 1.38. The Hall–Kier alpha value is -1.14. The highest BCUT2D eigenvalue weighted by molar-refractivity contribution is 7.13. The fraction of sp³-hybridized carbons (Fsp3) is 0.636. The van der Waals surface area contributed by atoms with Crippen molar-refractivity contribution in [1.29, 1.82) is 0 Å². The summed E-state index contributed by atoms with van der Waals surface area (Å²) in [5, 5.41) is 14.3. The molecule has 0 fully saturated rings. The molecule has 0 aromatic carbocycles. The minimum absolute atomic E-state index is 0.268. The Morgan fingerprint density at radius 3 is 2.82 bits per heavy atom. The van der Waals surface area contributed by atoms with Crippen LogP contribution in [0.4, 0.5) is 5.13 Å². The van der Waals surface area contributed by atoms with E-state index >= 15 is 0 Å². The van der Waals surface area contributed by atoms with Gasteiger partial charge in [-0.25, -0.2) is 4.98 Å². The van der Waals surface area contributed by atoms with Gasteiger partial charge in [0.1, 0.15) is 6.04 Å². The molecule has 0 aliphatic carbocycles. The predicted octanol–water partition coefficient (Wildman–Crippen LogP) is 2.08. The maximum absolute atomic E-state index is 10.7. The average Bonchev–Trinajstić information content (AvgIpc) is 2.63. The minimum Gasteiger partial charge on any atom is -0.480 e. The highest BCUT2D eigenvalue weighted by atomic mass is 32.1. The van der Waals surface area contributed by atoms with Crippen LogP contribution in [0.5, 0.6) is 0 Å². The molecule has 0 saturated carbocycles. The molecule has 96 valence electrons. The summed E-state index contributed by atoms with van der Waals surface area (Å²) in [5.74, 6) is -1.06. The van der Waals surface area contributed by atoms with Crippen LogP contribution in [0.3, 0.4) is 0 Å². The van der Waals surface area contributed by atoms with Gasteiger partial charge in [-0.2, -0.15) is 0 Å². The number of hydrogen-bond donors (Lipinski definition) is 3. The van der Waals surface area contributed by atoms with Crippen molar-refractivity contribution in [3.63, 3.8) is 0 Å². The second-order valence-electron chi connectivity index (χ2n) is 5.13. The van der Waals surface area contributed by atoms with Crippen molar-refractivity contribution in [3.8, 4) is 0 Å². The molecule has 4 N–H and O–H groups in total. The summed E-state index contributed by atoms with van der Waals surface area (Å²) < 4.78 is 0. The molecule has 0 radical (unpaired) electrons. The second-order valence-corrected chi connectivity index (χ2v) is 5.99. The normalized spacial score (nSPS) is 13.4. The van der Waals surface area contributed by atoms with Gasteiger partial charge >= 0.3 is 5.97 Å². The third-order valence-corrected chi connectivity index (χ3v) is 3.08. The monoisotopic (exact) mass is 257 g/mol. The van der Waals surface area contributed by atoms with Crippen LogP contribution in [0, 0.1) is 5.41 Å². The number of nitrogens with zero attached hydrogens (tertiary/aromatic N) is 1. The van der Waals surface area contributed by atoms with Gasteiger partial charge < -0.3 is 16.2 Å². The highest BCUT2D eigenvalue weighted by Crippen LogP contribution is 2.22. The molecule has 1 rings (SSSR count). The van der Waals surface area contributed by atoms with Crippen molar-refractivity contribution in [2.75, 3.05) is 11.9 Å². The summed E-state index contributed by atoms with van der Waals surface area (Å²) in [6.07, 6.45) is 1.02. The topological polar surface area (TPSA) is 88.2 Å². The Morgan fingerprint density at radius 2 is 2.29 bits per heavy atom. The largest absolute Gasteiger partial charge is 0.480 e. The molecule has 1 heterocycles. The molecule has 5 nitrogen and oxygen atoms in total. The summed E-state index contributed by atoms with van der Waals surface area (Å²) in [5.41, 5.74) is 6.14. The molecule has 0 spiro atoms. The average molecular weight is 257 g/mol. The van der Waals surface area contributed by atoms with Crippen LogP contribution in [0.2, 0.25) is 0 Å². The van der Waals surface area contributed by atoms with E-state index in [1.165, 1.54) is 11.3 Å². The van der Waals surface area contributed by atoms with E-state index in [1.807, 2.05) is 0 Å². The molecule has 1 aromatic rings. The van der Waals surface area contributed by atoms with Gasteiger partial charge in [-0.05, 0) is 11.8 Å². The number of rotatable bonds is 5. The fourth-order valence-electron chi connectivity index (χ4n) is 1.18. The maximum Gasteiger partial charge on any atom is 0.326 e. The third-order valence-electron chi connectivity index (χ3n) is 2.26. The summed E-state index contributed by atoms with van der Waals surface area (Å²) in [6.45, 7) is 7.33. The van der Waals surface area contributed by atoms with Gasteiger partial charge in [0, 0.05) is 11.9 Å². The van der Waals surface area contributed by atoms with Crippen LogP contribution in [0.25, 0.3) is 0 Å². The van der Waals surface area contributed by atoms with Crippen LogP contribution in [0.1, 0.15) is 38.9 Å². The predicted molar refractivity (Wildman–Crippen MR) is 69.2 cm³/mol. The number of anilines is 1. The number of carboxylic acids is 1. The lowest BCUT2D eigenvalue weighted by molar-refractivity contribution is -0.138. The van der Waals surface area contributed by atoms with E-state index < -0.39 is 12.0 Å². The quantitative estimate of drug-likeness (QED) is 0.751. The van der Waals surface area contributed by atoms with E-state index in [-0.39, 0.29) is 5.41 Å². The highest BCUT2D eigenvalue weighted by Gasteiger charge is 2.17. The maximum atomic E-state index is 10.7. The molecule has 1 unspecified atom stereocenters. The molecule has 0 amide bonds. The number of hydrogen-bond acceptors (Lipinski definition) is 5. The Balaban J connectivity index is 2.49. The lowest BCUT2D eigenvalue weighted by Crippen LogP contribution is -2.21. The van der Waals surface area contributed by atoms with E-state index in [1.54, 1.807) is 5.38 Å². The lowest BCUT2D eigenvalue weighted by Gasteiger charge is -2.17. The number of carboxylic acid groups (broad SMARTS) is 1. The van der Waals surface area contributed by atoms with E-state index in [0.717, 1.165) is 18.1 Å². The number of carbonyl (C=O) groups is 1. The molecule has 17 heavy (non-hydrogen) atoms. The van der Waals surface area contributed by atoms with Crippen molar-refractivity contribution in [1.82, 2.24) is 4.98 Å². The Labute approximate surface area is 105 Å². The third kappa shape index (κ3) is 4.70. The van der Waals surface area contributed by atoms with Crippen molar-refractivity contribution >= 4 is 22.4 Å². The van der Waals surface area contributed by atoms with E-state index in [4.69, 9.17) is 10.8 Å². The van der Waals surface area contributed by atoms with Crippen LogP contribution < -0.4 is 11.1 Å². The SMILES string of the molecule is CC(C)(C)CCNc1nc(C(N)C(=O)O)cs1. The second kappa shape index (κ2) is 5.46. The molecule has 1 aromatic heterocycles. The zero-order valence-corrected chi connectivity index (χ0v) is 11.2. The van der Waals surface area contributed by atoms with Crippen molar-refractivity contribution in [2.45, 2.75) is 33.2 Å². The first-order chi connectivity index (χ1) is 7.79. The number of aromatic nitrogens is 1. The van der Waals surface area contributed by atoms with Crippen molar-refractivity contribution in [2.24, 2.45) is 11.1 Å². The lowest BCUT2D eigenvalue weighted by atomic mass is 9.92. The van der Waals surface area contributed by atoms with Gasteiger partial charge in [0.05, 0.1) is 5.69 Å². The van der Waals surface area contributed by atoms with Crippen LogP contribution in [-0.4, -0.2) is 22.6 Å². The van der Waals surface area contributed by atoms with Gasteiger partial charge in [0.25, 0.3) is 0 Å². The first-order valence-corrected chi connectivity index (χ1v) is 6.35. The van der Waals surface area contributed by atoms with Crippen molar-refractivity contribution in [3.05, 3.63) is 11.1 Å². The smallest absolute Gasteiger partial charge is 0.326 e. The molecular formula is C11H19N3O2S. The zero-order valence-electron chi connectivity index (χ0n) is 10.4. The Kier molecular flexibility index (Phi) is 4.47. The minimum atomic E-state index is -1.06. The molecule has 0 saturated heterocycles. The van der Waals surface area contributed by atoms with E-state index in [0.29, 0.717) is 5.69 Å². The summed E-state index contributed by atoms with van der Waals surface area (Å²) in [7, 11) is 0. The molecule has 6 heteroatoms. The van der Waals surface area contributed by atoms with Gasteiger partial charge in [-0.1, -0.05) is 20.8 Å². The Morgan fingerprint density at radius 1 is 1.65 bits per heavy atom. The molecule has 1 atom stereocenters. The van der Waals surface area contributed by atoms with E-state index in [2.05, 4.69) is 31.1 Å². The number of nitrogens with one attached hydrogen (secondary N) is 1. The standard InChI is InChI=1S/C11H19N3O2S/c1-11(2,3)4-5-13-10-14-7(6-17-10)8(12)9(15)16/h6,8H,4-5,12H2,1-3H3,(H,13,14)(H,15,16). The molecule has 0 bridgehead atoms. The van der Waals surface area contributed by atoms with Gasteiger partial charge in [0.2, 0.25) is 0 Å². The first-order valence-electron chi connectivity index (χ1n) is 5.47. The zero-order chi connectivity index (χ0) is 13.1. The molecule has 0 aliphatic rings. The van der Waals surface area contributed by atoms with Crippen LogP contribution in [0.15, 0.2) is 5.38 Å². The van der Waals surface area contributed by atoms with Crippen LogP contribution >= 0.6 is 11.3 Å². The van der Waals surface area contributed by atoms with Gasteiger partial charge in [-0.15, -0.1) is 11.3 Å². The number of thiazole rings is 1. The summed E-state index contributed by atoms with van der Waals surface area (Å²) in [4.78, 5) is 14.8. The molecule has 0 aliphatic heterocycles. The van der Waals surface area contributed by atoms with Crippen molar-refractivity contribution < 1.29 is 9.90 Å². The Bertz CT molecular complexity index is 384. The first kappa shape index (κ1) is 13.9. The van der Waals surface area contributed by atoms with Gasteiger partial charge in [0.15, 0.2) is 5.13 Å². The van der Waals surface area contributed by atoms with Crippen LogP contribution in [-0.2, 0) is 4.79 Å². The van der Waals surface area contributed by atoms with E-state index in [9.17, 15) is 4.79 Å². The fourth-order valence-corrected chi connectivity index (χ4v) is 1.96. The summed E-state index contributed by atoms with van der Waals surface area (Å²) in [6, 6.07) is -1.04. The number of aliphatic carboxylic acids is 1.